The first-order valence-corrected chi connectivity index (χ1v) is 10.1. The van der Waals surface area contributed by atoms with Crippen LogP contribution >= 0.6 is 24.0 Å². The number of likely N-dealkylation sites (N-methyl/N-ethyl adjacent to an activating group) is 1. The third kappa shape index (κ3) is 6.25. The van der Waals surface area contributed by atoms with Crippen molar-refractivity contribution in [3.8, 4) is 11.5 Å². The second-order valence-corrected chi connectivity index (χ2v) is 7.39. The van der Waals surface area contributed by atoms with Gasteiger partial charge in [-0.3, -0.25) is 4.99 Å². The average Bonchev–Trinajstić information content (AvgIpc) is 3.20. The zero-order valence-electron chi connectivity index (χ0n) is 18.3. The third-order valence-electron chi connectivity index (χ3n) is 5.27. The van der Waals surface area contributed by atoms with Crippen molar-refractivity contribution in [3.05, 3.63) is 59.2 Å². The first-order chi connectivity index (χ1) is 14.1. The topological polar surface area (TPSA) is 58.1 Å². The van der Waals surface area contributed by atoms with E-state index in [0.717, 1.165) is 55.6 Å². The van der Waals surface area contributed by atoms with Crippen LogP contribution in [0, 0.1) is 0 Å². The maximum absolute atomic E-state index is 5.58. The SMILES string of the molecule is CN=C(NCCc1ccc2c(c1)CCO2)NCC(c1ccccc1OC)N(C)C.I. The van der Waals surface area contributed by atoms with E-state index in [1.807, 2.05) is 18.2 Å². The van der Waals surface area contributed by atoms with E-state index in [9.17, 15) is 0 Å². The van der Waals surface area contributed by atoms with Crippen LogP contribution in [0.1, 0.15) is 22.7 Å². The molecule has 7 heteroatoms. The van der Waals surface area contributed by atoms with Gasteiger partial charge in [-0.1, -0.05) is 30.3 Å². The van der Waals surface area contributed by atoms with Crippen molar-refractivity contribution in [3.63, 3.8) is 0 Å². The summed E-state index contributed by atoms with van der Waals surface area (Å²) in [5.74, 6) is 2.73. The molecular formula is C23H33IN4O2. The fraction of sp³-hybridized carbons (Fsp3) is 0.435. The van der Waals surface area contributed by atoms with E-state index < -0.39 is 0 Å². The first kappa shape index (κ1) is 24.3. The van der Waals surface area contributed by atoms with Crippen LogP contribution in [0.4, 0.5) is 0 Å². The number of rotatable bonds is 8. The van der Waals surface area contributed by atoms with E-state index in [1.54, 1.807) is 14.2 Å². The molecule has 0 radical (unpaired) electrons. The van der Waals surface area contributed by atoms with Crippen LogP contribution in [0.3, 0.4) is 0 Å². The summed E-state index contributed by atoms with van der Waals surface area (Å²) >= 11 is 0. The highest BCUT2D eigenvalue weighted by Gasteiger charge is 2.18. The van der Waals surface area contributed by atoms with Crippen molar-refractivity contribution in [2.24, 2.45) is 4.99 Å². The Bertz CT molecular complexity index is 842. The van der Waals surface area contributed by atoms with E-state index in [2.05, 4.69) is 58.9 Å². The number of benzene rings is 2. The number of fused-ring (bicyclic) bond motifs is 1. The molecule has 30 heavy (non-hydrogen) atoms. The largest absolute Gasteiger partial charge is 0.496 e. The Labute approximate surface area is 197 Å². The average molecular weight is 524 g/mol. The minimum Gasteiger partial charge on any atom is -0.496 e. The summed E-state index contributed by atoms with van der Waals surface area (Å²) in [6.45, 7) is 2.34. The van der Waals surface area contributed by atoms with Gasteiger partial charge in [0.15, 0.2) is 5.96 Å². The van der Waals surface area contributed by atoms with Crippen LogP contribution in [0.2, 0.25) is 0 Å². The molecule has 0 fully saturated rings. The van der Waals surface area contributed by atoms with Gasteiger partial charge in [-0.05, 0) is 43.8 Å². The highest BCUT2D eigenvalue weighted by Crippen LogP contribution is 2.27. The molecule has 1 aliphatic rings. The van der Waals surface area contributed by atoms with Gasteiger partial charge in [0.05, 0.1) is 19.8 Å². The van der Waals surface area contributed by atoms with Gasteiger partial charge in [0.2, 0.25) is 0 Å². The molecular weight excluding hydrogens is 491 g/mol. The Morgan fingerprint density at radius 1 is 1.20 bits per heavy atom. The summed E-state index contributed by atoms with van der Waals surface area (Å²) in [6.07, 6.45) is 1.95. The fourth-order valence-electron chi connectivity index (χ4n) is 3.65. The Balaban J connectivity index is 0.00000320. The van der Waals surface area contributed by atoms with Crippen molar-refractivity contribution >= 4 is 29.9 Å². The van der Waals surface area contributed by atoms with Crippen molar-refractivity contribution in [1.29, 1.82) is 0 Å². The molecule has 164 valence electrons. The predicted octanol–water partition coefficient (Wildman–Crippen LogP) is 3.26. The minimum atomic E-state index is 0. The number of aliphatic imine (C=N–C) groups is 1. The molecule has 1 atom stereocenters. The number of ether oxygens (including phenoxy) is 2. The van der Waals surface area contributed by atoms with Gasteiger partial charge in [0, 0.05) is 32.1 Å². The molecule has 2 aromatic rings. The number of methoxy groups -OCH3 is 1. The second-order valence-electron chi connectivity index (χ2n) is 7.39. The molecule has 0 saturated carbocycles. The van der Waals surface area contributed by atoms with Gasteiger partial charge in [0.25, 0.3) is 0 Å². The molecule has 1 unspecified atom stereocenters. The zero-order chi connectivity index (χ0) is 20.6. The van der Waals surface area contributed by atoms with Crippen LogP contribution < -0.4 is 20.1 Å². The molecule has 2 aromatic carbocycles. The van der Waals surface area contributed by atoms with Crippen LogP contribution in [0.15, 0.2) is 47.5 Å². The normalized spacial score (nSPS) is 13.8. The Morgan fingerprint density at radius 2 is 2.00 bits per heavy atom. The van der Waals surface area contributed by atoms with Crippen LogP contribution in [-0.4, -0.2) is 58.8 Å². The lowest BCUT2D eigenvalue weighted by molar-refractivity contribution is 0.288. The number of hydrogen-bond donors (Lipinski definition) is 2. The molecule has 0 aromatic heterocycles. The molecule has 0 amide bonds. The Hall–Kier alpha value is -2.00. The number of nitrogens with zero attached hydrogens (tertiary/aromatic N) is 2. The van der Waals surface area contributed by atoms with Crippen LogP contribution in [0.25, 0.3) is 0 Å². The molecule has 1 aliphatic heterocycles. The quantitative estimate of drug-likeness (QED) is 0.316. The molecule has 6 nitrogen and oxygen atoms in total. The minimum absolute atomic E-state index is 0. The maximum Gasteiger partial charge on any atom is 0.191 e. The molecule has 0 aliphatic carbocycles. The van der Waals surface area contributed by atoms with Crippen molar-refractivity contribution in [1.82, 2.24) is 15.5 Å². The predicted molar refractivity (Wildman–Crippen MR) is 134 cm³/mol. The van der Waals surface area contributed by atoms with Gasteiger partial charge < -0.3 is 25.0 Å². The van der Waals surface area contributed by atoms with E-state index in [1.165, 1.54) is 11.1 Å². The molecule has 0 saturated heterocycles. The van der Waals surface area contributed by atoms with Gasteiger partial charge in [-0.2, -0.15) is 0 Å². The van der Waals surface area contributed by atoms with Gasteiger partial charge >= 0.3 is 0 Å². The molecule has 2 N–H and O–H groups in total. The summed E-state index contributed by atoms with van der Waals surface area (Å²) < 4.78 is 11.1. The van der Waals surface area contributed by atoms with Crippen molar-refractivity contribution < 1.29 is 9.47 Å². The van der Waals surface area contributed by atoms with E-state index in [-0.39, 0.29) is 30.0 Å². The second kappa shape index (κ2) is 12.0. The number of guanidine groups is 1. The highest BCUT2D eigenvalue weighted by molar-refractivity contribution is 14.0. The molecule has 0 spiro atoms. The molecule has 1 heterocycles. The van der Waals surface area contributed by atoms with Gasteiger partial charge in [0.1, 0.15) is 11.5 Å². The van der Waals surface area contributed by atoms with Gasteiger partial charge in [-0.15, -0.1) is 24.0 Å². The highest BCUT2D eigenvalue weighted by atomic mass is 127. The first-order valence-electron chi connectivity index (χ1n) is 10.1. The van der Waals surface area contributed by atoms with E-state index >= 15 is 0 Å². The Morgan fingerprint density at radius 3 is 2.73 bits per heavy atom. The number of para-hydroxylation sites is 1. The Kier molecular flexibility index (Phi) is 9.71. The van der Waals surface area contributed by atoms with Crippen LogP contribution in [-0.2, 0) is 12.8 Å². The van der Waals surface area contributed by atoms with E-state index in [4.69, 9.17) is 9.47 Å². The van der Waals surface area contributed by atoms with E-state index in [0.29, 0.717) is 0 Å². The monoisotopic (exact) mass is 524 g/mol. The summed E-state index contributed by atoms with van der Waals surface area (Å²) in [6, 6.07) is 14.8. The summed E-state index contributed by atoms with van der Waals surface area (Å²) in [7, 11) is 7.67. The lowest BCUT2D eigenvalue weighted by Gasteiger charge is -2.27. The maximum atomic E-state index is 5.58. The summed E-state index contributed by atoms with van der Waals surface area (Å²) in [5.41, 5.74) is 3.79. The lowest BCUT2D eigenvalue weighted by atomic mass is 10.0. The number of hydrogen-bond acceptors (Lipinski definition) is 4. The van der Waals surface area contributed by atoms with Gasteiger partial charge in [-0.25, -0.2) is 0 Å². The van der Waals surface area contributed by atoms with Crippen LogP contribution in [0.5, 0.6) is 11.5 Å². The smallest absolute Gasteiger partial charge is 0.191 e. The molecule has 3 rings (SSSR count). The van der Waals surface area contributed by atoms with Crippen molar-refractivity contribution in [2.75, 3.05) is 47.9 Å². The standard InChI is InChI=1S/C23H32N4O2.HI/c1-24-23(25-13-11-17-9-10-21-18(15-17)12-14-29-21)26-16-20(27(2)3)19-7-5-6-8-22(19)28-4;/h5-10,15,20H,11-14,16H2,1-4H3,(H2,24,25,26);1H. The lowest BCUT2D eigenvalue weighted by Crippen LogP contribution is -2.42. The zero-order valence-corrected chi connectivity index (χ0v) is 20.6. The summed E-state index contributed by atoms with van der Waals surface area (Å²) in [5, 5.41) is 6.87. The fourth-order valence-corrected chi connectivity index (χ4v) is 3.65. The molecule has 0 bridgehead atoms. The number of halogens is 1. The summed E-state index contributed by atoms with van der Waals surface area (Å²) in [4.78, 5) is 6.55. The third-order valence-corrected chi connectivity index (χ3v) is 5.27. The number of nitrogens with one attached hydrogen (secondary N) is 2. The van der Waals surface area contributed by atoms with Crippen molar-refractivity contribution in [2.45, 2.75) is 18.9 Å².